The smallest absolute Gasteiger partial charge is 0.0406 e. The molecule has 3 heteroatoms. The van der Waals surface area contributed by atoms with Gasteiger partial charge in [0.05, 0.1) is 0 Å². The third-order valence-electron chi connectivity index (χ3n) is 4.07. The number of benzene rings is 1. The molecule has 1 aliphatic carbocycles. The molecule has 1 saturated carbocycles. The maximum atomic E-state index is 5.99. The second-order valence-corrected chi connectivity index (χ2v) is 6.15. The van der Waals surface area contributed by atoms with Crippen LogP contribution in [0.3, 0.4) is 0 Å². The van der Waals surface area contributed by atoms with E-state index in [1.54, 1.807) is 0 Å². The van der Waals surface area contributed by atoms with Crippen LogP contribution in [0.25, 0.3) is 0 Å². The molecule has 100 valence electrons. The highest BCUT2D eigenvalue weighted by Crippen LogP contribution is 2.37. The third-order valence-corrected chi connectivity index (χ3v) is 4.32. The van der Waals surface area contributed by atoms with Crippen LogP contribution in [0.5, 0.6) is 0 Å². The Hall–Kier alpha value is -0.570. The maximum absolute atomic E-state index is 5.99. The number of nitrogens with zero attached hydrogens (tertiary/aromatic N) is 1. The zero-order chi connectivity index (χ0) is 13.0. The van der Waals surface area contributed by atoms with Gasteiger partial charge in [0.1, 0.15) is 0 Å². The van der Waals surface area contributed by atoms with Crippen LogP contribution >= 0.6 is 11.6 Å². The SMILES string of the molecule is CN(Cc1ccc(Cl)cc1)CC1(CN)CCCC1. The van der Waals surface area contributed by atoms with Crippen molar-refractivity contribution < 1.29 is 0 Å². The van der Waals surface area contributed by atoms with E-state index in [1.807, 2.05) is 12.1 Å². The van der Waals surface area contributed by atoms with Crippen molar-refractivity contribution in [3.63, 3.8) is 0 Å². The van der Waals surface area contributed by atoms with Gasteiger partial charge in [-0.25, -0.2) is 0 Å². The van der Waals surface area contributed by atoms with Gasteiger partial charge in [-0.3, -0.25) is 0 Å². The summed E-state index contributed by atoms with van der Waals surface area (Å²) in [5, 5.41) is 0.802. The molecule has 0 aliphatic heterocycles. The molecular formula is C15H23ClN2. The second-order valence-electron chi connectivity index (χ2n) is 5.71. The van der Waals surface area contributed by atoms with Crippen molar-refractivity contribution >= 4 is 11.6 Å². The topological polar surface area (TPSA) is 29.3 Å². The van der Waals surface area contributed by atoms with E-state index in [9.17, 15) is 0 Å². The fourth-order valence-electron chi connectivity index (χ4n) is 3.08. The standard InChI is InChI=1S/C15H23ClN2/c1-18(10-13-4-6-14(16)7-5-13)12-15(11-17)8-2-3-9-15/h4-7H,2-3,8-12,17H2,1H3. The van der Waals surface area contributed by atoms with Gasteiger partial charge in [0.25, 0.3) is 0 Å². The lowest BCUT2D eigenvalue weighted by Crippen LogP contribution is -2.39. The summed E-state index contributed by atoms with van der Waals surface area (Å²) in [6.45, 7) is 2.89. The minimum absolute atomic E-state index is 0.362. The normalized spacial score (nSPS) is 18.4. The van der Waals surface area contributed by atoms with E-state index in [0.717, 1.165) is 24.7 Å². The van der Waals surface area contributed by atoms with Gasteiger partial charge in [0.15, 0.2) is 0 Å². The molecule has 0 aromatic heterocycles. The number of hydrogen-bond acceptors (Lipinski definition) is 2. The molecule has 2 rings (SSSR count). The Morgan fingerprint density at radius 2 is 1.83 bits per heavy atom. The van der Waals surface area contributed by atoms with E-state index >= 15 is 0 Å². The van der Waals surface area contributed by atoms with E-state index in [0.29, 0.717) is 5.41 Å². The molecule has 0 unspecified atom stereocenters. The highest BCUT2D eigenvalue weighted by molar-refractivity contribution is 6.30. The molecular weight excluding hydrogens is 244 g/mol. The zero-order valence-corrected chi connectivity index (χ0v) is 11.9. The van der Waals surface area contributed by atoms with Crippen LogP contribution in [0.15, 0.2) is 24.3 Å². The van der Waals surface area contributed by atoms with E-state index in [-0.39, 0.29) is 0 Å². The highest BCUT2D eigenvalue weighted by atomic mass is 35.5. The van der Waals surface area contributed by atoms with Gasteiger partial charge in [-0.2, -0.15) is 0 Å². The minimum Gasteiger partial charge on any atom is -0.330 e. The molecule has 0 bridgehead atoms. The van der Waals surface area contributed by atoms with E-state index in [1.165, 1.54) is 31.2 Å². The molecule has 0 atom stereocenters. The Bertz CT molecular complexity index is 369. The molecule has 0 spiro atoms. The van der Waals surface area contributed by atoms with Gasteiger partial charge in [0.2, 0.25) is 0 Å². The first-order valence-electron chi connectivity index (χ1n) is 6.77. The Morgan fingerprint density at radius 1 is 1.22 bits per heavy atom. The predicted octanol–water partition coefficient (Wildman–Crippen LogP) is 3.29. The van der Waals surface area contributed by atoms with Crippen molar-refractivity contribution in [2.24, 2.45) is 11.1 Å². The summed E-state index contributed by atoms with van der Waals surface area (Å²) < 4.78 is 0. The molecule has 1 aromatic rings. The number of hydrogen-bond donors (Lipinski definition) is 1. The van der Waals surface area contributed by atoms with Crippen molar-refractivity contribution in [1.29, 1.82) is 0 Å². The van der Waals surface area contributed by atoms with E-state index in [2.05, 4.69) is 24.1 Å². The first-order chi connectivity index (χ1) is 8.63. The molecule has 1 aromatic carbocycles. The van der Waals surface area contributed by atoms with Crippen LogP contribution < -0.4 is 5.73 Å². The summed E-state index contributed by atoms with van der Waals surface area (Å²) in [5.41, 5.74) is 7.66. The van der Waals surface area contributed by atoms with E-state index in [4.69, 9.17) is 17.3 Å². The average molecular weight is 267 g/mol. The Labute approximate surface area is 115 Å². The lowest BCUT2D eigenvalue weighted by Gasteiger charge is -2.32. The lowest BCUT2D eigenvalue weighted by molar-refractivity contribution is 0.179. The molecule has 1 aliphatic rings. The average Bonchev–Trinajstić information content (AvgIpc) is 2.81. The molecule has 2 nitrogen and oxygen atoms in total. The van der Waals surface area contributed by atoms with Crippen molar-refractivity contribution in [2.45, 2.75) is 32.2 Å². The largest absolute Gasteiger partial charge is 0.330 e. The first-order valence-corrected chi connectivity index (χ1v) is 7.14. The molecule has 18 heavy (non-hydrogen) atoms. The van der Waals surface area contributed by atoms with Crippen molar-refractivity contribution in [3.8, 4) is 0 Å². The number of halogens is 1. The third kappa shape index (κ3) is 3.47. The van der Waals surface area contributed by atoms with Gasteiger partial charge in [-0.15, -0.1) is 0 Å². The first kappa shape index (κ1) is 13.9. The van der Waals surface area contributed by atoms with E-state index < -0.39 is 0 Å². The quantitative estimate of drug-likeness (QED) is 0.886. The van der Waals surface area contributed by atoms with Crippen molar-refractivity contribution in [2.75, 3.05) is 20.1 Å². The summed E-state index contributed by atoms with van der Waals surface area (Å²) in [4.78, 5) is 2.39. The van der Waals surface area contributed by atoms with Crippen LogP contribution in [0, 0.1) is 5.41 Å². The fraction of sp³-hybridized carbons (Fsp3) is 0.600. The minimum atomic E-state index is 0.362. The zero-order valence-electron chi connectivity index (χ0n) is 11.2. The summed E-state index contributed by atoms with van der Waals surface area (Å²) in [6, 6.07) is 8.11. The monoisotopic (exact) mass is 266 g/mol. The highest BCUT2D eigenvalue weighted by Gasteiger charge is 2.33. The van der Waals surface area contributed by atoms with Gasteiger partial charge < -0.3 is 10.6 Å². The van der Waals surface area contributed by atoms with Gasteiger partial charge in [-0.1, -0.05) is 36.6 Å². The fourth-order valence-corrected chi connectivity index (χ4v) is 3.21. The Balaban J connectivity index is 1.91. The van der Waals surface area contributed by atoms with Gasteiger partial charge >= 0.3 is 0 Å². The van der Waals surface area contributed by atoms with Gasteiger partial charge in [-0.05, 0) is 49.5 Å². The van der Waals surface area contributed by atoms with Crippen LogP contribution in [0.1, 0.15) is 31.2 Å². The Kier molecular flexibility index (Phi) is 4.66. The van der Waals surface area contributed by atoms with Crippen LogP contribution in [-0.2, 0) is 6.54 Å². The van der Waals surface area contributed by atoms with Crippen molar-refractivity contribution in [1.82, 2.24) is 4.90 Å². The molecule has 2 N–H and O–H groups in total. The van der Waals surface area contributed by atoms with Crippen LogP contribution in [-0.4, -0.2) is 25.0 Å². The molecule has 0 saturated heterocycles. The molecule has 0 heterocycles. The summed E-state index contributed by atoms with van der Waals surface area (Å²) in [6.07, 6.45) is 5.25. The number of rotatable bonds is 5. The summed E-state index contributed by atoms with van der Waals surface area (Å²) >= 11 is 5.90. The van der Waals surface area contributed by atoms with Gasteiger partial charge in [0, 0.05) is 18.1 Å². The van der Waals surface area contributed by atoms with Crippen LogP contribution in [0.2, 0.25) is 5.02 Å². The lowest BCUT2D eigenvalue weighted by atomic mass is 9.86. The number of nitrogens with two attached hydrogens (primary N) is 1. The Morgan fingerprint density at radius 3 is 2.39 bits per heavy atom. The maximum Gasteiger partial charge on any atom is 0.0406 e. The van der Waals surface area contributed by atoms with Crippen LogP contribution in [0.4, 0.5) is 0 Å². The second kappa shape index (κ2) is 6.05. The summed E-state index contributed by atoms with van der Waals surface area (Å²) in [7, 11) is 2.18. The summed E-state index contributed by atoms with van der Waals surface area (Å²) in [5.74, 6) is 0. The molecule has 0 radical (unpaired) electrons. The predicted molar refractivity (Wildman–Crippen MR) is 77.7 cm³/mol. The van der Waals surface area contributed by atoms with Crippen molar-refractivity contribution in [3.05, 3.63) is 34.9 Å². The molecule has 0 amide bonds. The molecule has 1 fully saturated rings.